The van der Waals surface area contributed by atoms with Crippen LogP contribution in [0.15, 0.2) is 59.4 Å². The van der Waals surface area contributed by atoms with E-state index in [1.165, 1.54) is 12.4 Å². The van der Waals surface area contributed by atoms with Crippen molar-refractivity contribution in [1.29, 1.82) is 0 Å². The number of hydrogen-bond donors (Lipinski definition) is 2. The number of oxime groups is 2. The van der Waals surface area contributed by atoms with Gasteiger partial charge in [0, 0.05) is 35.4 Å². The van der Waals surface area contributed by atoms with Gasteiger partial charge in [-0.3, -0.25) is 0 Å². The largest absolute Gasteiger partial charge is 1.00 e. The van der Waals surface area contributed by atoms with Crippen LogP contribution in [0.3, 0.4) is 0 Å². The fourth-order valence-corrected chi connectivity index (χ4v) is 1.11. The van der Waals surface area contributed by atoms with E-state index in [1.54, 1.807) is 49.1 Å². The second kappa shape index (κ2) is 13.6. The Bertz CT molecular complexity index is 448. The van der Waals surface area contributed by atoms with Crippen molar-refractivity contribution in [3.05, 3.63) is 60.2 Å². The molecule has 2 aromatic rings. The third kappa shape index (κ3) is 9.17. The molecule has 108 valence electrons. The first-order valence-corrected chi connectivity index (χ1v) is 5.14. The summed E-state index contributed by atoms with van der Waals surface area (Å²) in [6, 6.07) is 7.22. The second-order valence-electron chi connectivity index (χ2n) is 3.16. The highest BCUT2D eigenvalue weighted by Crippen LogP contribution is 1.87. The number of pyridine rings is 2. The summed E-state index contributed by atoms with van der Waals surface area (Å²) in [5.41, 5.74) is 1.74. The van der Waals surface area contributed by atoms with Crippen LogP contribution in [-0.2, 0) is 0 Å². The first kappa shape index (κ1) is 20.5. The highest BCUT2D eigenvalue weighted by atomic mass is 79.9. The van der Waals surface area contributed by atoms with Crippen molar-refractivity contribution in [1.82, 2.24) is 0 Å². The molecule has 0 unspecified atom stereocenters. The molecule has 0 aliphatic carbocycles. The average molecular weight is 406 g/mol. The Balaban J connectivity index is 0. The summed E-state index contributed by atoms with van der Waals surface area (Å²) >= 11 is 0. The van der Waals surface area contributed by atoms with Gasteiger partial charge in [0.25, 0.3) is 0 Å². The van der Waals surface area contributed by atoms with Crippen LogP contribution in [0.1, 0.15) is 11.1 Å². The molecule has 0 fully saturated rings. The minimum Gasteiger partial charge on any atom is -1.00 e. The van der Waals surface area contributed by atoms with Gasteiger partial charge < -0.3 is 44.4 Å². The van der Waals surface area contributed by atoms with Gasteiger partial charge in [-0.1, -0.05) is 10.3 Å². The van der Waals surface area contributed by atoms with Crippen molar-refractivity contribution in [3.63, 3.8) is 0 Å². The van der Waals surface area contributed by atoms with E-state index in [0.29, 0.717) is 0 Å². The van der Waals surface area contributed by atoms with E-state index in [0.717, 1.165) is 11.1 Å². The van der Waals surface area contributed by atoms with Crippen LogP contribution in [0, 0.1) is 0 Å². The van der Waals surface area contributed by atoms with Gasteiger partial charge in [0.15, 0.2) is 24.8 Å². The third-order valence-corrected chi connectivity index (χ3v) is 1.90. The van der Waals surface area contributed by atoms with Crippen LogP contribution in [0.2, 0.25) is 0 Å². The van der Waals surface area contributed by atoms with Crippen molar-refractivity contribution in [2.45, 2.75) is 0 Å². The predicted molar refractivity (Wildman–Crippen MR) is 64.8 cm³/mol. The first-order valence-electron chi connectivity index (χ1n) is 5.14. The lowest BCUT2D eigenvalue weighted by Gasteiger charge is -1.80. The number of aromatic amines is 2. The number of hydrogen-bond acceptors (Lipinski definition) is 4. The normalized spacial score (nSPS) is 9.20. The maximum Gasteiger partial charge on any atom is 0.167 e. The monoisotopic (exact) mass is 404 g/mol. The number of H-pyrrole nitrogens is 2. The summed E-state index contributed by atoms with van der Waals surface area (Å²) in [7, 11) is 0. The molecule has 6 nitrogen and oxygen atoms in total. The summed E-state index contributed by atoms with van der Waals surface area (Å²) in [5.74, 6) is 0. The average Bonchev–Trinajstić information content (AvgIpc) is 2.43. The Morgan fingerprint density at radius 1 is 0.700 bits per heavy atom. The zero-order valence-electron chi connectivity index (χ0n) is 10.3. The second-order valence-corrected chi connectivity index (χ2v) is 3.16. The zero-order chi connectivity index (χ0) is 13.1. The van der Waals surface area contributed by atoms with E-state index in [1.807, 2.05) is 0 Å². The first-order chi connectivity index (χ1) is 8.86. The van der Waals surface area contributed by atoms with E-state index in [2.05, 4.69) is 20.3 Å². The number of nitrogens with one attached hydrogen (secondary N) is 2. The molecular weight excluding hydrogens is 392 g/mol. The van der Waals surface area contributed by atoms with Gasteiger partial charge in [-0.2, -0.15) is 0 Å². The molecule has 0 spiro atoms. The Morgan fingerprint density at radius 3 is 1.25 bits per heavy atom. The summed E-state index contributed by atoms with van der Waals surface area (Å²) in [6.45, 7) is 0. The van der Waals surface area contributed by atoms with Crippen molar-refractivity contribution < 1.29 is 54.3 Å². The lowest BCUT2D eigenvalue weighted by atomic mass is 10.3. The summed E-state index contributed by atoms with van der Waals surface area (Å²) in [4.78, 5) is 5.70. The molecule has 20 heavy (non-hydrogen) atoms. The fourth-order valence-electron chi connectivity index (χ4n) is 1.11. The highest BCUT2D eigenvalue weighted by molar-refractivity contribution is 5.78. The lowest BCUT2D eigenvalue weighted by molar-refractivity contribution is -0.378. The van der Waals surface area contributed by atoms with Crippen LogP contribution in [-0.4, -0.2) is 22.8 Å². The molecule has 2 rings (SSSR count). The molecule has 4 N–H and O–H groups in total. The number of aromatic nitrogens is 2. The van der Waals surface area contributed by atoms with Gasteiger partial charge in [-0.15, -0.1) is 0 Å². The molecule has 0 aliphatic rings. The SMILES string of the molecule is ON=Cc1cc[nH+]cc1.ON=Cc1cc[nH+]cc1.[Br-].[Br-]. The lowest BCUT2D eigenvalue weighted by Crippen LogP contribution is -3.00. The van der Waals surface area contributed by atoms with Crippen LogP contribution in [0.4, 0.5) is 0 Å². The topological polar surface area (TPSA) is 93.5 Å². The van der Waals surface area contributed by atoms with Gasteiger partial charge in [0.1, 0.15) is 0 Å². The van der Waals surface area contributed by atoms with E-state index in [4.69, 9.17) is 10.4 Å². The van der Waals surface area contributed by atoms with Crippen LogP contribution in [0.25, 0.3) is 0 Å². The van der Waals surface area contributed by atoms with Crippen molar-refractivity contribution in [2.24, 2.45) is 10.3 Å². The number of rotatable bonds is 2. The molecular formula is C12H14Br2N4O2. The van der Waals surface area contributed by atoms with Crippen molar-refractivity contribution >= 4 is 12.4 Å². The Hall–Kier alpha value is -1.80. The Kier molecular flexibility index (Phi) is 14.0. The van der Waals surface area contributed by atoms with Gasteiger partial charge in [0.2, 0.25) is 0 Å². The molecule has 0 radical (unpaired) electrons. The standard InChI is InChI=1S/2C6H6N2O.2BrH/c2*9-8-5-6-1-3-7-4-2-6;;/h2*1-5,9H;2*1H. The molecule has 0 aromatic carbocycles. The van der Waals surface area contributed by atoms with Gasteiger partial charge >= 0.3 is 0 Å². The molecule has 2 aromatic heterocycles. The third-order valence-electron chi connectivity index (χ3n) is 1.90. The minimum atomic E-state index is 0. The minimum absolute atomic E-state index is 0. The van der Waals surface area contributed by atoms with Crippen LogP contribution < -0.4 is 43.9 Å². The molecule has 0 amide bonds. The molecule has 0 atom stereocenters. The fraction of sp³-hybridized carbons (Fsp3) is 0. The smallest absolute Gasteiger partial charge is 0.167 e. The molecule has 2 heterocycles. The molecule has 0 bridgehead atoms. The van der Waals surface area contributed by atoms with E-state index in [9.17, 15) is 0 Å². The summed E-state index contributed by atoms with van der Waals surface area (Å²) in [6.07, 6.45) is 9.78. The molecule has 8 heteroatoms. The maximum absolute atomic E-state index is 8.08. The number of halogens is 2. The highest BCUT2D eigenvalue weighted by Gasteiger charge is 1.85. The van der Waals surface area contributed by atoms with Gasteiger partial charge in [0.05, 0.1) is 12.4 Å². The van der Waals surface area contributed by atoms with E-state index >= 15 is 0 Å². The maximum atomic E-state index is 8.08. The van der Waals surface area contributed by atoms with Crippen molar-refractivity contribution in [2.75, 3.05) is 0 Å². The quantitative estimate of drug-likeness (QED) is 0.296. The van der Waals surface area contributed by atoms with E-state index < -0.39 is 0 Å². The summed E-state index contributed by atoms with van der Waals surface area (Å²) < 4.78 is 0. The number of nitrogens with zero attached hydrogens (tertiary/aromatic N) is 2. The molecule has 0 saturated carbocycles. The predicted octanol–water partition coefficient (Wildman–Crippen LogP) is -5.37. The van der Waals surface area contributed by atoms with Gasteiger partial charge in [-0.05, 0) is 0 Å². The van der Waals surface area contributed by atoms with Crippen LogP contribution >= 0.6 is 0 Å². The molecule has 0 saturated heterocycles. The van der Waals surface area contributed by atoms with Crippen molar-refractivity contribution in [3.8, 4) is 0 Å². The Labute approximate surface area is 137 Å². The Morgan fingerprint density at radius 2 is 1.00 bits per heavy atom. The molecule has 0 aliphatic heterocycles. The van der Waals surface area contributed by atoms with Crippen LogP contribution in [0.5, 0.6) is 0 Å². The van der Waals surface area contributed by atoms with Gasteiger partial charge in [-0.25, -0.2) is 9.97 Å². The summed E-state index contributed by atoms with van der Waals surface area (Å²) in [5, 5.41) is 21.9. The van der Waals surface area contributed by atoms with E-state index in [-0.39, 0.29) is 34.0 Å². The zero-order valence-corrected chi connectivity index (χ0v) is 13.5.